The van der Waals surface area contributed by atoms with Gasteiger partial charge in [0.1, 0.15) is 5.82 Å². The minimum atomic E-state index is 0.548. The van der Waals surface area contributed by atoms with E-state index in [0.717, 1.165) is 9.50 Å². The quantitative estimate of drug-likeness (QED) is 0.735. The van der Waals surface area contributed by atoms with Gasteiger partial charge >= 0.3 is 0 Å². The first-order valence-electron chi connectivity index (χ1n) is 2.70. The molecule has 0 radical (unpaired) electrons. The van der Waals surface area contributed by atoms with Crippen LogP contribution in [0.3, 0.4) is 0 Å². The Morgan fingerprint density at radius 3 is 2.80 bits per heavy atom. The zero-order valence-corrected chi connectivity index (χ0v) is 7.87. The topological polar surface area (TPSA) is 38.9 Å². The highest BCUT2D eigenvalue weighted by Gasteiger charge is 1.96. The van der Waals surface area contributed by atoms with Gasteiger partial charge in [-0.15, -0.1) is 11.8 Å². The lowest BCUT2D eigenvalue weighted by atomic mass is 10.5. The van der Waals surface area contributed by atoms with E-state index in [4.69, 9.17) is 5.73 Å². The van der Waals surface area contributed by atoms with Crippen molar-refractivity contribution in [2.75, 3.05) is 12.0 Å². The van der Waals surface area contributed by atoms with Crippen molar-refractivity contribution in [3.63, 3.8) is 0 Å². The maximum atomic E-state index is 5.52. The van der Waals surface area contributed by atoms with E-state index in [2.05, 4.69) is 20.9 Å². The summed E-state index contributed by atoms with van der Waals surface area (Å²) in [6.45, 7) is 0. The first-order chi connectivity index (χ1) is 4.74. The Morgan fingerprint density at radius 1 is 1.60 bits per heavy atom. The molecule has 0 atom stereocenters. The van der Waals surface area contributed by atoms with Crippen LogP contribution in [0.5, 0.6) is 0 Å². The fourth-order valence-electron chi connectivity index (χ4n) is 0.553. The van der Waals surface area contributed by atoms with Crippen LogP contribution in [-0.2, 0) is 0 Å². The van der Waals surface area contributed by atoms with Crippen LogP contribution in [0.25, 0.3) is 0 Å². The van der Waals surface area contributed by atoms with E-state index in [1.165, 1.54) is 0 Å². The largest absolute Gasteiger partial charge is 0.383 e. The number of anilines is 1. The maximum absolute atomic E-state index is 5.52. The van der Waals surface area contributed by atoms with Crippen LogP contribution < -0.4 is 5.73 Å². The molecular formula is C6H7BrN2S. The third-order valence-corrected chi connectivity index (χ3v) is 2.37. The van der Waals surface area contributed by atoms with Gasteiger partial charge in [0.15, 0.2) is 0 Å². The number of pyridine rings is 1. The fourth-order valence-corrected chi connectivity index (χ4v) is 1.17. The Morgan fingerprint density at radius 2 is 2.30 bits per heavy atom. The van der Waals surface area contributed by atoms with Gasteiger partial charge in [-0.3, -0.25) is 0 Å². The van der Waals surface area contributed by atoms with E-state index in [0.29, 0.717) is 5.82 Å². The van der Waals surface area contributed by atoms with E-state index >= 15 is 0 Å². The summed E-state index contributed by atoms with van der Waals surface area (Å²) in [6, 6.07) is 3.82. The Balaban J connectivity index is 3.04. The van der Waals surface area contributed by atoms with Gasteiger partial charge in [-0.05, 0) is 34.3 Å². The third-order valence-electron chi connectivity index (χ3n) is 1.06. The van der Waals surface area contributed by atoms with Crippen molar-refractivity contribution >= 4 is 33.5 Å². The Labute approximate surface area is 72.3 Å². The van der Waals surface area contributed by atoms with Gasteiger partial charge in [0.05, 0.1) is 9.50 Å². The molecule has 0 aliphatic heterocycles. The minimum absolute atomic E-state index is 0.548. The summed E-state index contributed by atoms with van der Waals surface area (Å²) >= 11 is 4.84. The highest BCUT2D eigenvalue weighted by Crippen LogP contribution is 2.20. The Hall–Kier alpha value is -0.220. The molecule has 0 saturated carbocycles. The van der Waals surface area contributed by atoms with E-state index < -0.39 is 0 Å². The molecule has 54 valence electrons. The van der Waals surface area contributed by atoms with Crippen LogP contribution in [0.15, 0.2) is 21.6 Å². The monoisotopic (exact) mass is 218 g/mol. The molecule has 1 aromatic rings. The van der Waals surface area contributed by atoms with Gasteiger partial charge in [0.2, 0.25) is 0 Å². The molecule has 1 heterocycles. The van der Waals surface area contributed by atoms with Crippen LogP contribution in [0.4, 0.5) is 5.82 Å². The number of nitrogens with two attached hydrogens (primary N) is 1. The number of aromatic nitrogens is 1. The summed E-state index contributed by atoms with van der Waals surface area (Å²) in [5.41, 5.74) is 5.52. The molecule has 0 bridgehead atoms. The number of nitrogens with zero attached hydrogens (tertiary/aromatic N) is 1. The van der Waals surface area contributed by atoms with Gasteiger partial charge in [-0.25, -0.2) is 4.98 Å². The van der Waals surface area contributed by atoms with Crippen LogP contribution in [0, 0.1) is 0 Å². The van der Waals surface area contributed by atoms with Crippen molar-refractivity contribution < 1.29 is 0 Å². The summed E-state index contributed by atoms with van der Waals surface area (Å²) in [4.78, 5) is 4.09. The molecule has 0 aliphatic carbocycles. The highest BCUT2D eigenvalue weighted by atomic mass is 79.9. The first kappa shape index (κ1) is 7.88. The SMILES string of the molecule is CSc1ccc(Br)c(N)n1. The van der Waals surface area contributed by atoms with Crippen molar-refractivity contribution in [1.29, 1.82) is 0 Å². The van der Waals surface area contributed by atoms with Gasteiger partial charge < -0.3 is 5.73 Å². The van der Waals surface area contributed by atoms with Crippen LogP contribution in [-0.4, -0.2) is 11.2 Å². The molecule has 2 nitrogen and oxygen atoms in total. The summed E-state index contributed by atoms with van der Waals surface area (Å²) in [5.74, 6) is 0.548. The van der Waals surface area contributed by atoms with E-state index in [1.807, 2.05) is 18.4 Å². The predicted molar refractivity (Wildman–Crippen MR) is 48.1 cm³/mol. The molecule has 0 saturated heterocycles. The molecule has 2 N–H and O–H groups in total. The van der Waals surface area contributed by atoms with Crippen LogP contribution in [0.2, 0.25) is 0 Å². The van der Waals surface area contributed by atoms with Crippen molar-refractivity contribution in [3.8, 4) is 0 Å². The number of rotatable bonds is 1. The number of hydrogen-bond donors (Lipinski definition) is 1. The minimum Gasteiger partial charge on any atom is -0.383 e. The van der Waals surface area contributed by atoms with E-state index in [9.17, 15) is 0 Å². The van der Waals surface area contributed by atoms with Crippen molar-refractivity contribution in [2.24, 2.45) is 0 Å². The second-order valence-electron chi connectivity index (χ2n) is 1.72. The molecule has 4 heteroatoms. The molecule has 0 amide bonds. The molecule has 0 fully saturated rings. The molecule has 0 aliphatic rings. The fraction of sp³-hybridized carbons (Fsp3) is 0.167. The van der Waals surface area contributed by atoms with Crippen molar-refractivity contribution in [3.05, 3.63) is 16.6 Å². The van der Waals surface area contributed by atoms with E-state index in [-0.39, 0.29) is 0 Å². The highest BCUT2D eigenvalue weighted by molar-refractivity contribution is 9.10. The van der Waals surface area contributed by atoms with Gasteiger partial charge in [0.25, 0.3) is 0 Å². The summed E-state index contributed by atoms with van der Waals surface area (Å²) in [5, 5.41) is 0.945. The second kappa shape index (κ2) is 3.25. The molecule has 0 aromatic carbocycles. The van der Waals surface area contributed by atoms with Gasteiger partial charge in [-0.2, -0.15) is 0 Å². The molecule has 0 spiro atoms. The van der Waals surface area contributed by atoms with E-state index in [1.54, 1.807) is 11.8 Å². The van der Waals surface area contributed by atoms with Crippen LogP contribution >= 0.6 is 27.7 Å². The standard InChI is InChI=1S/C6H7BrN2S/c1-10-5-3-2-4(7)6(8)9-5/h2-3H,1H3,(H2,8,9). The second-order valence-corrected chi connectivity index (χ2v) is 3.40. The number of thioether (sulfide) groups is 1. The smallest absolute Gasteiger partial charge is 0.139 e. The van der Waals surface area contributed by atoms with Gasteiger partial charge in [-0.1, -0.05) is 0 Å². The molecule has 0 unspecified atom stereocenters. The van der Waals surface area contributed by atoms with Crippen molar-refractivity contribution in [1.82, 2.24) is 4.98 Å². The number of halogens is 1. The first-order valence-corrected chi connectivity index (χ1v) is 4.72. The Kier molecular flexibility index (Phi) is 2.56. The predicted octanol–water partition coefficient (Wildman–Crippen LogP) is 2.15. The van der Waals surface area contributed by atoms with Crippen LogP contribution in [0.1, 0.15) is 0 Å². The lowest BCUT2D eigenvalue weighted by Crippen LogP contribution is -1.91. The normalized spacial score (nSPS) is 9.80. The summed E-state index contributed by atoms with van der Waals surface area (Å²) in [7, 11) is 0. The summed E-state index contributed by atoms with van der Waals surface area (Å²) in [6.07, 6.45) is 1.97. The summed E-state index contributed by atoms with van der Waals surface area (Å²) < 4.78 is 0.852. The van der Waals surface area contributed by atoms with Crippen molar-refractivity contribution in [2.45, 2.75) is 5.03 Å². The molecule has 1 rings (SSSR count). The molecule has 10 heavy (non-hydrogen) atoms. The lowest BCUT2D eigenvalue weighted by Gasteiger charge is -1.98. The average molecular weight is 219 g/mol. The zero-order chi connectivity index (χ0) is 7.56. The Bertz CT molecular complexity index is 239. The number of hydrogen-bond acceptors (Lipinski definition) is 3. The number of nitrogen functional groups attached to an aromatic ring is 1. The maximum Gasteiger partial charge on any atom is 0.139 e. The average Bonchev–Trinajstić information content (AvgIpc) is 1.95. The third kappa shape index (κ3) is 1.64. The lowest BCUT2D eigenvalue weighted by molar-refractivity contribution is 1.14. The van der Waals surface area contributed by atoms with Gasteiger partial charge in [0, 0.05) is 0 Å². The molecular weight excluding hydrogens is 212 g/mol. The zero-order valence-electron chi connectivity index (χ0n) is 5.47. The molecule has 1 aromatic heterocycles.